The van der Waals surface area contributed by atoms with Gasteiger partial charge in [0, 0.05) is 5.56 Å². The number of hydrogen-bond donors (Lipinski definition) is 2. The molecule has 2 N–H and O–H groups in total. The van der Waals surface area contributed by atoms with Gasteiger partial charge in [0.25, 0.3) is 0 Å². The minimum atomic E-state index is -0.525. The number of hydrogen-bond acceptors (Lipinski definition) is 5. The number of hydrazone groups is 1. The third-order valence-electron chi connectivity index (χ3n) is 3.31. The summed E-state index contributed by atoms with van der Waals surface area (Å²) in [6, 6.07) is 14.3. The van der Waals surface area contributed by atoms with Crippen LogP contribution >= 0.6 is 0 Å². The molecule has 0 aliphatic rings. The molecule has 2 amide bonds. The zero-order valence-corrected chi connectivity index (χ0v) is 14.7. The van der Waals surface area contributed by atoms with E-state index >= 15 is 0 Å². The third-order valence-corrected chi connectivity index (χ3v) is 3.31. The quantitative estimate of drug-likeness (QED) is 0.433. The summed E-state index contributed by atoms with van der Waals surface area (Å²) in [6.45, 7) is 2.41. The maximum absolute atomic E-state index is 12.0. The van der Waals surface area contributed by atoms with Gasteiger partial charge in [0.05, 0.1) is 25.6 Å². The minimum Gasteiger partial charge on any atom is -0.495 e. The number of benzene rings is 2. The molecule has 0 heterocycles. The van der Waals surface area contributed by atoms with Crippen molar-refractivity contribution in [3.63, 3.8) is 0 Å². The van der Waals surface area contributed by atoms with E-state index in [1.165, 1.54) is 13.3 Å². The molecule has 0 aliphatic heterocycles. The molecule has 0 atom stereocenters. The van der Waals surface area contributed by atoms with E-state index in [1.54, 1.807) is 24.3 Å². The lowest BCUT2D eigenvalue weighted by molar-refractivity contribution is -0.126. The number of methoxy groups -OCH3 is 1. The lowest BCUT2D eigenvalue weighted by Crippen LogP contribution is -2.24. The third kappa shape index (κ3) is 5.62. The average Bonchev–Trinajstić information content (AvgIpc) is 2.63. The van der Waals surface area contributed by atoms with Crippen molar-refractivity contribution in [3.05, 3.63) is 54.1 Å². The first kappa shape index (κ1) is 19.0. The van der Waals surface area contributed by atoms with E-state index < -0.39 is 11.8 Å². The van der Waals surface area contributed by atoms with Crippen LogP contribution in [0.25, 0.3) is 0 Å². The Kier molecular flexibility index (Phi) is 7.17. The second kappa shape index (κ2) is 9.83. The SMILES string of the molecule is CCOc1ccccc1C=NNC(=O)CC(=O)Nc1ccccc1OC. The molecule has 2 aromatic rings. The highest BCUT2D eigenvalue weighted by atomic mass is 16.5. The number of anilines is 1. The summed E-state index contributed by atoms with van der Waals surface area (Å²) < 4.78 is 10.6. The van der Waals surface area contributed by atoms with Gasteiger partial charge >= 0.3 is 0 Å². The van der Waals surface area contributed by atoms with Crippen molar-refractivity contribution in [1.82, 2.24) is 5.43 Å². The molecule has 26 heavy (non-hydrogen) atoms. The minimum absolute atomic E-state index is 0.359. The van der Waals surface area contributed by atoms with Crippen molar-refractivity contribution in [2.75, 3.05) is 19.0 Å². The number of amides is 2. The first-order valence-corrected chi connectivity index (χ1v) is 8.10. The summed E-state index contributed by atoms with van der Waals surface area (Å²) in [4.78, 5) is 23.8. The monoisotopic (exact) mass is 355 g/mol. The van der Waals surface area contributed by atoms with E-state index in [2.05, 4.69) is 15.8 Å². The number of nitrogens with zero attached hydrogens (tertiary/aromatic N) is 1. The topological polar surface area (TPSA) is 89.0 Å². The van der Waals surface area contributed by atoms with Crippen LogP contribution in [0.3, 0.4) is 0 Å². The summed E-state index contributed by atoms with van der Waals surface area (Å²) >= 11 is 0. The van der Waals surface area contributed by atoms with Crippen LogP contribution in [-0.2, 0) is 9.59 Å². The molecular weight excluding hydrogens is 334 g/mol. The van der Waals surface area contributed by atoms with Gasteiger partial charge in [0.1, 0.15) is 17.9 Å². The first-order valence-electron chi connectivity index (χ1n) is 8.10. The van der Waals surface area contributed by atoms with Gasteiger partial charge in [-0.1, -0.05) is 24.3 Å². The fourth-order valence-electron chi connectivity index (χ4n) is 2.18. The zero-order valence-electron chi connectivity index (χ0n) is 14.7. The van der Waals surface area contributed by atoms with Gasteiger partial charge in [-0.15, -0.1) is 0 Å². The second-order valence-corrected chi connectivity index (χ2v) is 5.19. The van der Waals surface area contributed by atoms with Crippen LogP contribution in [0.4, 0.5) is 5.69 Å². The molecule has 0 spiro atoms. The van der Waals surface area contributed by atoms with Crippen LogP contribution in [-0.4, -0.2) is 31.7 Å². The van der Waals surface area contributed by atoms with E-state index in [9.17, 15) is 9.59 Å². The van der Waals surface area contributed by atoms with Crippen LogP contribution < -0.4 is 20.2 Å². The molecule has 0 saturated carbocycles. The predicted molar refractivity (Wildman–Crippen MR) is 99.6 cm³/mol. The van der Waals surface area contributed by atoms with E-state index in [1.807, 2.05) is 31.2 Å². The van der Waals surface area contributed by atoms with Crippen molar-refractivity contribution in [3.8, 4) is 11.5 Å². The Morgan fingerprint density at radius 2 is 1.73 bits per heavy atom. The molecule has 0 aromatic heterocycles. The summed E-state index contributed by atoms with van der Waals surface area (Å²) in [5, 5.41) is 6.50. The molecule has 0 saturated heterocycles. The molecule has 2 rings (SSSR count). The average molecular weight is 355 g/mol. The zero-order chi connectivity index (χ0) is 18.8. The van der Waals surface area contributed by atoms with Crippen LogP contribution in [0.15, 0.2) is 53.6 Å². The van der Waals surface area contributed by atoms with Gasteiger partial charge in [0.15, 0.2) is 0 Å². The predicted octanol–water partition coefficient (Wildman–Crippen LogP) is 2.57. The molecule has 0 fully saturated rings. The Labute approximate surface area is 152 Å². The van der Waals surface area contributed by atoms with E-state index in [0.717, 1.165) is 5.56 Å². The van der Waals surface area contributed by atoms with Crippen LogP contribution in [0.1, 0.15) is 18.9 Å². The molecule has 0 aliphatic carbocycles. The normalized spacial score (nSPS) is 10.4. The highest BCUT2D eigenvalue weighted by Gasteiger charge is 2.11. The van der Waals surface area contributed by atoms with Crippen LogP contribution in [0, 0.1) is 0 Å². The number of rotatable bonds is 8. The molecule has 7 nitrogen and oxygen atoms in total. The Morgan fingerprint density at radius 1 is 1.04 bits per heavy atom. The molecule has 2 aromatic carbocycles. The Balaban J connectivity index is 1.88. The summed E-state index contributed by atoms with van der Waals surface area (Å²) in [5.74, 6) is 0.202. The first-order chi connectivity index (χ1) is 12.6. The van der Waals surface area contributed by atoms with Gasteiger partial charge in [-0.2, -0.15) is 5.10 Å². The molecule has 0 radical (unpaired) electrons. The highest BCUT2D eigenvalue weighted by molar-refractivity contribution is 6.04. The van der Waals surface area contributed by atoms with Gasteiger partial charge in [-0.05, 0) is 31.2 Å². The summed E-state index contributed by atoms with van der Waals surface area (Å²) in [5.41, 5.74) is 3.56. The van der Waals surface area contributed by atoms with Gasteiger partial charge < -0.3 is 14.8 Å². The van der Waals surface area contributed by atoms with Crippen LogP contribution in [0.2, 0.25) is 0 Å². The number of carbonyl (C=O) groups is 2. The molecule has 7 heteroatoms. The number of nitrogens with one attached hydrogen (secondary N) is 2. The summed E-state index contributed by atoms with van der Waals surface area (Å²) in [6.07, 6.45) is 1.11. The number of ether oxygens (including phenoxy) is 2. The van der Waals surface area contributed by atoms with E-state index in [-0.39, 0.29) is 6.42 Å². The largest absolute Gasteiger partial charge is 0.495 e. The van der Waals surface area contributed by atoms with Crippen molar-refractivity contribution in [2.45, 2.75) is 13.3 Å². The van der Waals surface area contributed by atoms with Crippen molar-refractivity contribution >= 4 is 23.7 Å². The molecular formula is C19H21N3O4. The van der Waals surface area contributed by atoms with E-state index in [0.29, 0.717) is 23.8 Å². The molecule has 136 valence electrons. The van der Waals surface area contributed by atoms with Crippen LogP contribution in [0.5, 0.6) is 11.5 Å². The Bertz CT molecular complexity index is 790. The maximum Gasteiger partial charge on any atom is 0.249 e. The number of para-hydroxylation sites is 3. The fraction of sp³-hybridized carbons (Fsp3) is 0.211. The van der Waals surface area contributed by atoms with Crippen molar-refractivity contribution in [2.24, 2.45) is 5.10 Å². The van der Waals surface area contributed by atoms with E-state index in [4.69, 9.17) is 9.47 Å². The lowest BCUT2D eigenvalue weighted by atomic mass is 10.2. The Hall–Kier alpha value is -3.35. The van der Waals surface area contributed by atoms with Gasteiger partial charge in [-0.25, -0.2) is 5.43 Å². The standard InChI is InChI=1S/C19H21N3O4/c1-3-26-16-10-6-4-8-14(16)13-20-22-19(24)12-18(23)21-15-9-5-7-11-17(15)25-2/h4-11,13H,3,12H2,1-2H3,(H,21,23)(H,22,24). The van der Waals surface area contributed by atoms with Crippen molar-refractivity contribution in [1.29, 1.82) is 0 Å². The molecule has 0 bridgehead atoms. The summed E-state index contributed by atoms with van der Waals surface area (Å²) in [7, 11) is 1.51. The second-order valence-electron chi connectivity index (χ2n) is 5.19. The van der Waals surface area contributed by atoms with Gasteiger partial charge in [0.2, 0.25) is 11.8 Å². The maximum atomic E-state index is 12.0. The highest BCUT2D eigenvalue weighted by Crippen LogP contribution is 2.23. The molecule has 0 unspecified atom stereocenters. The lowest BCUT2D eigenvalue weighted by Gasteiger charge is -2.09. The Morgan fingerprint density at radius 3 is 2.46 bits per heavy atom. The van der Waals surface area contributed by atoms with Crippen molar-refractivity contribution < 1.29 is 19.1 Å². The van der Waals surface area contributed by atoms with Gasteiger partial charge in [-0.3, -0.25) is 9.59 Å². The smallest absolute Gasteiger partial charge is 0.249 e. The fourth-order valence-corrected chi connectivity index (χ4v) is 2.18. The number of carbonyl (C=O) groups excluding carboxylic acids is 2.